The first-order valence-corrected chi connectivity index (χ1v) is 5.77. The van der Waals surface area contributed by atoms with Gasteiger partial charge in [0.1, 0.15) is 0 Å². The highest BCUT2D eigenvalue weighted by atomic mass is 35.5. The lowest BCUT2D eigenvalue weighted by Gasteiger charge is -2.26. The normalized spacial score (nSPS) is 17.0. The largest absolute Gasteiger partial charge is 0.425 e. The highest BCUT2D eigenvalue weighted by Gasteiger charge is 2.31. The van der Waals surface area contributed by atoms with Crippen molar-refractivity contribution in [3.8, 4) is 0 Å². The fourth-order valence-electron chi connectivity index (χ4n) is 1.93. The van der Waals surface area contributed by atoms with Gasteiger partial charge in [-0.3, -0.25) is 4.79 Å². The Bertz CT molecular complexity index is 421. The number of carbonyl (C=O) groups excluding carboxylic acids is 2. The predicted molar refractivity (Wildman–Crippen MR) is 62.5 cm³/mol. The Morgan fingerprint density at radius 1 is 1.35 bits per heavy atom. The Labute approximate surface area is 104 Å². The first kappa shape index (κ1) is 11.9. The molecule has 90 valence electrons. The van der Waals surface area contributed by atoms with Crippen molar-refractivity contribution in [1.82, 2.24) is 4.90 Å². The third-order valence-electron chi connectivity index (χ3n) is 2.68. The van der Waals surface area contributed by atoms with Gasteiger partial charge in [-0.25, -0.2) is 4.79 Å². The molecule has 1 aromatic rings. The van der Waals surface area contributed by atoms with Crippen LogP contribution in [0.5, 0.6) is 0 Å². The van der Waals surface area contributed by atoms with Crippen molar-refractivity contribution in [1.29, 1.82) is 0 Å². The number of ether oxygens (including phenoxy) is 1. The lowest BCUT2D eigenvalue weighted by atomic mass is 10.2. The maximum atomic E-state index is 11.7. The van der Waals surface area contributed by atoms with Crippen molar-refractivity contribution in [3.05, 3.63) is 35.9 Å². The van der Waals surface area contributed by atoms with Gasteiger partial charge in [-0.05, 0) is 6.42 Å². The standard InChI is InChI=1S/C12H12ClNO3/c13-12(16)17-11(9-5-2-1-3-6-9)14-8-4-7-10(14)15/h1-3,5-6,11H,4,7-8H2. The predicted octanol–water partition coefficient (Wildman–Crippen LogP) is 2.68. The van der Waals surface area contributed by atoms with Gasteiger partial charge in [-0.1, -0.05) is 30.3 Å². The molecule has 1 saturated heterocycles. The van der Waals surface area contributed by atoms with Crippen molar-refractivity contribution in [3.63, 3.8) is 0 Å². The van der Waals surface area contributed by atoms with Crippen LogP contribution >= 0.6 is 11.6 Å². The molecule has 1 aliphatic heterocycles. The molecule has 2 rings (SSSR count). The molecule has 1 amide bonds. The van der Waals surface area contributed by atoms with Gasteiger partial charge in [0.2, 0.25) is 12.1 Å². The number of carbonyl (C=O) groups is 2. The number of nitrogens with zero attached hydrogens (tertiary/aromatic N) is 1. The minimum absolute atomic E-state index is 0.0169. The molecule has 0 N–H and O–H groups in total. The molecule has 0 aromatic heterocycles. The number of benzene rings is 1. The summed E-state index contributed by atoms with van der Waals surface area (Å²) in [6, 6.07) is 9.11. The minimum Gasteiger partial charge on any atom is -0.425 e. The van der Waals surface area contributed by atoms with Crippen LogP contribution in [0.4, 0.5) is 4.79 Å². The van der Waals surface area contributed by atoms with Gasteiger partial charge in [-0.15, -0.1) is 0 Å². The first-order valence-electron chi connectivity index (χ1n) is 5.39. The minimum atomic E-state index is -0.904. The lowest BCUT2D eigenvalue weighted by molar-refractivity contribution is -0.136. The van der Waals surface area contributed by atoms with Crippen molar-refractivity contribution >= 4 is 22.9 Å². The van der Waals surface area contributed by atoms with Gasteiger partial charge in [0.15, 0.2) is 0 Å². The first-order chi connectivity index (χ1) is 8.18. The number of hydrogen-bond acceptors (Lipinski definition) is 3. The van der Waals surface area contributed by atoms with Crippen LogP contribution in [0.3, 0.4) is 0 Å². The van der Waals surface area contributed by atoms with E-state index < -0.39 is 11.7 Å². The molecule has 1 aromatic carbocycles. The second kappa shape index (κ2) is 5.19. The average Bonchev–Trinajstić information content (AvgIpc) is 2.73. The highest BCUT2D eigenvalue weighted by Crippen LogP contribution is 2.27. The zero-order chi connectivity index (χ0) is 12.3. The molecule has 0 bridgehead atoms. The highest BCUT2D eigenvalue weighted by molar-refractivity contribution is 6.61. The fourth-order valence-corrected chi connectivity index (χ4v) is 2.02. The van der Waals surface area contributed by atoms with Crippen molar-refractivity contribution in [2.75, 3.05) is 6.54 Å². The fraction of sp³-hybridized carbons (Fsp3) is 0.333. The number of likely N-dealkylation sites (tertiary alicyclic amines) is 1. The topological polar surface area (TPSA) is 46.6 Å². The molecular formula is C12H12ClNO3. The van der Waals surface area contributed by atoms with E-state index in [4.69, 9.17) is 16.3 Å². The molecule has 1 fully saturated rings. The third-order valence-corrected chi connectivity index (χ3v) is 2.77. The Balaban J connectivity index is 2.25. The van der Waals surface area contributed by atoms with Gasteiger partial charge < -0.3 is 9.64 Å². The van der Waals surface area contributed by atoms with E-state index in [1.165, 1.54) is 4.90 Å². The number of hydrogen-bond donors (Lipinski definition) is 0. The van der Waals surface area contributed by atoms with Gasteiger partial charge in [0, 0.05) is 30.1 Å². The summed E-state index contributed by atoms with van der Waals surface area (Å²) in [7, 11) is 0. The summed E-state index contributed by atoms with van der Waals surface area (Å²) in [5.41, 5.74) is -0.157. The molecule has 17 heavy (non-hydrogen) atoms. The lowest BCUT2D eigenvalue weighted by Crippen LogP contribution is -2.32. The summed E-state index contributed by atoms with van der Waals surface area (Å²) in [5, 5.41) is 0. The molecule has 0 spiro atoms. The smallest absolute Gasteiger partial charge is 0.405 e. The van der Waals surface area contributed by atoms with Crippen molar-refractivity contribution in [2.45, 2.75) is 19.1 Å². The van der Waals surface area contributed by atoms with Crippen LogP contribution in [0.25, 0.3) is 0 Å². The summed E-state index contributed by atoms with van der Waals surface area (Å²) in [5.74, 6) is -0.0169. The summed E-state index contributed by atoms with van der Waals surface area (Å²) in [6.45, 7) is 0.586. The van der Waals surface area contributed by atoms with E-state index in [1.807, 2.05) is 18.2 Å². The van der Waals surface area contributed by atoms with E-state index in [0.29, 0.717) is 13.0 Å². The summed E-state index contributed by atoms with van der Waals surface area (Å²) in [6.07, 6.45) is 0.557. The van der Waals surface area contributed by atoms with Crippen LogP contribution in [0.2, 0.25) is 0 Å². The van der Waals surface area contributed by atoms with Crippen LogP contribution in [0.15, 0.2) is 30.3 Å². The monoisotopic (exact) mass is 253 g/mol. The van der Waals surface area contributed by atoms with Crippen molar-refractivity contribution < 1.29 is 14.3 Å². The number of rotatable bonds is 3. The Morgan fingerprint density at radius 2 is 2.06 bits per heavy atom. The van der Waals surface area contributed by atoms with E-state index >= 15 is 0 Å². The van der Waals surface area contributed by atoms with Crippen LogP contribution in [0, 0.1) is 0 Å². The van der Waals surface area contributed by atoms with Gasteiger partial charge in [0.05, 0.1) is 0 Å². The van der Waals surface area contributed by atoms with Gasteiger partial charge in [0.25, 0.3) is 0 Å². The van der Waals surface area contributed by atoms with Crippen LogP contribution in [-0.4, -0.2) is 22.8 Å². The number of halogens is 1. The van der Waals surface area contributed by atoms with Crippen LogP contribution < -0.4 is 0 Å². The molecule has 1 aliphatic rings. The molecule has 0 radical (unpaired) electrons. The van der Waals surface area contributed by atoms with Crippen LogP contribution in [-0.2, 0) is 9.53 Å². The van der Waals surface area contributed by atoms with E-state index in [-0.39, 0.29) is 5.91 Å². The third kappa shape index (κ3) is 2.77. The van der Waals surface area contributed by atoms with E-state index in [0.717, 1.165) is 12.0 Å². The van der Waals surface area contributed by atoms with Crippen molar-refractivity contribution in [2.24, 2.45) is 0 Å². The molecule has 1 heterocycles. The van der Waals surface area contributed by atoms with E-state index in [1.54, 1.807) is 12.1 Å². The maximum Gasteiger partial charge on any atom is 0.405 e. The second-order valence-corrected chi connectivity index (χ2v) is 4.12. The Morgan fingerprint density at radius 3 is 2.59 bits per heavy atom. The molecule has 1 unspecified atom stereocenters. The Kier molecular flexibility index (Phi) is 3.64. The second-order valence-electron chi connectivity index (χ2n) is 3.81. The summed E-state index contributed by atoms with van der Waals surface area (Å²) < 4.78 is 5.02. The van der Waals surface area contributed by atoms with Gasteiger partial charge >= 0.3 is 5.43 Å². The number of amides is 1. The Hall–Kier alpha value is -1.55. The average molecular weight is 254 g/mol. The zero-order valence-electron chi connectivity index (χ0n) is 9.14. The summed E-state index contributed by atoms with van der Waals surface area (Å²) in [4.78, 5) is 24.1. The van der Waals surface area contributed by atoms with E-state index in [2.05, 4.69) is 0 Å². The quantitative estimate of drug-likeness (QED) is 0.778. The molecule has 0 aliphatic carbocycles. The zero-order valence-corrected chi connectivity index (χ0v) is 9.89. The molecular weight excluding hydrogens is 242 g/mol. The maximum absolute atomic E-state index is 11.7. The molecule has 0 saturated carbocycles. The van der Waals surface area contributed by atoms with Crippen LogP contribution in [0.1, 0.15) is 24.6 Å². The van der Waals surface area contributed by atoms with Gasteiger partial charge in [-0.2, -0.15) is 0 Å². The molecule has 4 nitrogen and oxygen atoms in total. The molecule has 1 atom stereocenters. The SMILES string of the molecule is O=C(Cl)OC(c1ccccc1)N1CCCC1=O. The molecule has 5 heteroatoms. The summed E-state index contributed by atoms with van der Waals surface area (Å²) >= 11 is 5.25. The van der Waals surface area contributed by atoms with E-state index in [9.17, 15) is 9.59 Å².